The van der Waals surface area contributed by atoms with Crippen LogP contribution in [0, 0.1) is 0 Å². The monoisotopic (exact) mass is 577 g/mol. The Morgan fingerprint density at radius 1 is 1.05 bits per heavy atom. The van der Waals surface area contributed by atoms with Gasteiger partial charge in [0.2, 0.25) is 11.9 Å². The van der Waals surface area contributed by atoms with Crippen molar-refractivity contribution in [1.29, 1.82) is 0 Å². The molecule has 0 atom stereocenters. The summed E-state index contributed by atoms with van der Waals surface area (Å²) in [5.74, 6) is 0.516. The van der Waals surface area contributed by atoms with Crippen molar-refractivity contribution in [3.63, 3.8) is 0 Å². The fraction of sp³-hybridized carbons (Fsp3) is 0.0385. The highest BCUT2D eigenvalue weighted by atomic mass is 35.5. The van der Waals surface area contributed by atoms with E-state index in [1.807, 2.05) is 53.9 Å². The van der Waals surface area contributed by atoms with E-state index in [4.69, 9.17) is 21.0 Å². The number of amides is 1. The average molecular weight is 578 g/mol. The van der Waals surface area contributed by atoms with E-state index in [1.54, 1.807) is 24.5 Å². The molecule has 0 bridgehead atoms. The number of carbonyl (C=O) groups excluding carboxylic acids is 1. The molecule has 0 radical (unpaired) electrons. The van der Waals surface area contributed by atoms with E-state index in [1.165, 1.54) is 39.2 Å². The minimum Gasteiger partial charge on any atom is -0.464 e. The van der Waals surface area contributed by atoms with Crippen LogP contribution in [0.2, 0.25) is 5.02 Å². The first-order chi connectivity index (χ1) is 18.6. The number of aromatic nitrogens is 4. The summed E-state index contributed by atoms with van der Waals surface area (Å²) in [6, 6.07) is 20.0. The normalized spacial score (nSPS) is 11.2. The highest BCUT2D eigenvalue weighted by Crippen LogP contribution is 2.33. The second-order valence-electron chi connectivity index (χ2n) is 7.94. The molecule has 2 aromatic carbocycles. The number of fused-ring (bicyclic) bond motifs is 1. The van der Waals surface area contributed by atoms with Crippen molar-refractivity contribution < 1.29 is 9.21 Å². The maximum atomic E-state index is 13.8. The van der Waals surface area contributed by atoms with Gasteiger partial charge in [-0.3, -0.25) is 19.5 Å². The van der Waals surface area contributed by atoms with Crippen LogP contribution < -0.4 is 10.9 Å². The lowest BCUT2D eigenvalue weighted by Crippen LogP contribution is -2.22. The first-order valence-electron chi connectivity index (χ1n) is 11.2. The molecule has 6 aromatic rings. The van der Waals surface area contributed by atoms with Crippen LogP contribution in [0.4, 0.5) is 5.95 Å². The zero-order chi connectivity index (χ0) is 26.1. The Labute approximate surface area is 233 Å². The van der Waals surface area contributed by atoms with Crippen molar-refractivity contribution in [2.24, 2.45) is 0 Å². The van der Waals surface area contributed by atoms with Crippen LogP contribution in [0.1, 0.15) is 0 Å². The van der Waals surface area contributed by atoms with E-state index in [9.17, 15) is 9.59 Å². The zero-order valence-electron chi connectivity index (χ0n) is 19.3. The van der Waals surface area contributed by atoms with Crippen molar-refractivity contribution in [2.75, 3.05) is 11.1 Å². The van der Waals surface area contributed by atoms with E-state index in [2.05, 4.69) is 14.7 Å². The van der Waals surface area contributed by atoms with E-state index in [-0.39, 0.29) is 23.2 Å². The minimum atomic E-state index is -0.313. The largest absolute Gasteiger partial charge is 0.464 e. The quantitative estimate of drug-likeness (QED) is 0.168. The van der Waals surface area contributed by atoms with Gasteiger partial charge in [0, 0.05) is 21.5 Å². The average Bonchev–Trinajstić information content (AvgIpc) is 3.70. The van der Waals surface area contributed by atoms with Crippen LogP contribution in [0.25, 0.3) is 37.8 Å². The van der Waals surface area contributed by atoms with Gasteiger partial charge >= 0.3 is 0 Å². The van der Waals surface area contributed by atoms with Crippen molar-refractivity contribution in [3.8, 4) is 27.6 Å². The van der Waals surface area contributed by atoms with Crippen LogP contribution in [0.3, 0.4) is 0 Å². The van der Waals surface area contributed by atoms with E-state index < -0.39 is 0 Å². The van der Waals surface area contributed by atoms with Gasteiger partial charge in [0.05, 0.1) is 23.1 Å². The van der Waals surface area contributed by atoms with Crippen LogP contribution >= 0.6 is 46.2 Å². The number of hydrogen-bond donors (Lipinski definition) is 1. The number of nitrogens with one attached hydrogen (secondary N) is 1. The molecule has 1 N–H and O–H groups in total. The van der Waals surface area contributed by atoms with E-state index in [0.717, 1.165) is 5.56 Å². The first kappa shape index (κ1) is 24.6. The number of benzene rings is 2. The Morgan fingerprint density at radius 3 is 2.63 bits per heavy atom. The summed E-state index contributed by atoms with van der Waals surface area (Å²) in [7, 11) is 0. The van der Waals surface area contributed by atoms with Crippen LogP contribution in [-0.4, -0.2) is 30.6 Å². The fourth-order valence-corrected chi connectivity index (χ4v) is 6.30. The molecule has 4 aromatic heterocycles. The molecule has 0 aliphatic rings. The lowest BCUT2D eigenvalue weighted by molar-refractivity contribution is -0.113. The number of para-hydroxylation sites is 1. The number of carbonyl (C=O) groups is 1. The third-order valence-corrected chi connectivity index (χ3v) is 8.31. The lowest BCUT2D eigenvalue weighted by Gasteiger charge is -2.12. The Bertz CT molecular complexity index is 1800. The summed E-state index contributed by atoms with van der Waals surface area (Å²) >= 11 is 9.66. The van der Waals surface area contributed by atoms with E-state index in [0.29, 0.717) is 42.4 Å². The van der Waals surface area contributed by atoms with Gasteiger partial charge in [-0.05, 0) is 47.9 Å². The summed E-state index contributed by atoms with van der Waals surface area (Å²) in [5.41, 5.74) is 1.97. The van der Waals surface area contributed by atoms with Crippen molar-refractivity contribution in [2.45, 2.75) is 5.16 Å². The van der Waals surface area contributed by atoms with Gasteiger partial charge in [-0.25, -0.2) is 4.98 Å². The molecular formula is C26H16ClN5O3S3. The highest BCUT2D eigenvalue weighted by Gasteiger charge is 2.20. The molecule has 1 amide bonds. The maximum Gasteiger partial charge on any atom is 0.268 e. The molecule has 12 heteroatoms. The molecule has 188 valence electrons. The molecule has 0 saturated heterocycles. The molecule has 6 rings (SSSR count). The van der Waals surface area contributed by atoms with Crippen molar-refractivity contribution >= 4 is 68.3 Å². The third-order valence-electron chi connectivity index (χ3n) is 5.48. The van der Waals surface area contributed by atoms with Crippen molar-refractivity contribution in [3.05, 3.63) is 93.7 Å². The van der Waals surface area contributed by atoms with Gasteiger partial charge in [0.25, 0.3) is 5.56 Å². The summed E-state index contributed by atoms with van der Waals surface area (Å²) in [4.78, 5) is 36.3. The van der Waals surface area contributed by atoms with Gasteiger partial charge in [0.15, 0.2) is 5.16 Å². The number of thioether (sulfide) groups is 1. The Kier molecular flexibility index (Phi) is 6.81. The first-order valence-corrected chi connectivity index (χ1v) is 14.2. The summed E-state index contributed by atoms with van der Waals surface area (Å²) in [6.45, 7) is 0. The third kappa shape index (κ3) is 4.88. The lowest BCUT2D eigenvalue weighted by atomic mass is 10.2. The molecule has 0 aliphatic carbocycles. The van der Waals surface area contributed by atoms with Gasteiger partial charge in [-0.2, -0.15) is 9.36 Å². The van der Waals surface area contributed by atoms with E-state index >= 15 is 0 Å². The topological polar surface area (TPSA) is 103 Å². The smallest absolute Gasteiger partial charge is 0.268 e. The Hall–Kier alpha value is -3.77. The number of rotatable bonds is 7. The number of furan rings is 1. The molecule has 0 saturated carbocycles. The predicted molar refractivity (Wildman–Crippen MR) is 153 cm³/mol. The molecule has 8 nitrogen and oxygen atoms in total. The predicted octanol–water partition coefficient (Wildman–Crippen LogP) is 6.61. The number of hydrogen-bond acceptors (Lipinski definition) is 9. The molecule has 0 unspecified atom stereocenters. The Morgan fingerprint density at radius 2 is 1.87 bits per heavy atom. The SMILES string of the molecule is O=C(CSc1nc2scc(-c3ccco3)c2c(=O)n1-c1ccccc1)Nc1nsc(-c2ccc(Cl)cc2)n1. The molecule has 0 spiro atoms. The second kappa shape index (κ2) is 10.5. The number of nitrogens with zero attached hydrogens (tertiary/aromatic N) is 4. The zero-order valence-corrected chi connectivity index (χ0v) is 22.5. The van der Waals surface area contributed by atoms with Gasteiger partial charge in [0.1, 0.15) is 15.6 Å². The van der Waals surface area contributed by atoms with Crippen LogP contribution in [-0.2, 0) is 4.79 Å². The molecule has 0 fully saturated rings. The van der Waals surface area contributed by atoms with Gasteiger partial charge in [-0.1, -0.05) is 53.7 Å². The number of anilines is 1. The number of halogens is 1. The Balaban J connectivity index is 1.27. The fourth-order valence-electron chi connectivity index (χ4n) is 3.76. The molecule has 0 aliphatic heterocycles. The number of thiophene rings is 1. The van der Waals surface area contributed by atoms with Gasteiger partial charge in [-0.15, -0.1) is 11.3 Å². The summed E-state index contributed by atoms with van der Waals surface area (Å²) in [5, 5.41) is 6.77. The van der Waals surface area contributed by atoms with Crippen LogP contribution in [0.5, 0.6) is 0 Å². The van der Waals surface area contributed by atoms with Crippen molar-refractivity contribution in [1.82, 2.24) is 18.9 Å². The molecular weight excluding hydrogens is 562 g/mol. The second-order valence-corrected chi connectivity index (χ2v) is 10.9. The summed E-state index contributed by atoms with van der Waals surface area (Å²) in [6.07, 6.45) is 1.57. The highest BCUT2D eigenvalue weighted by molar-refractivity contribution is 7.99. The molecule has 38 heavy (non-hydrogen) atoms. The van der Waals surface area contributed by atoms with Crippen LogP contribution in [0.15, 0.2) is 92.7 Å². The maximum absolute atomic E-state index is 13.8. The minimum absolute atomic E-state index is 0.0106. The molecule has 4 heterocycles. The van der Waals surface area contributed by atoms with Gasteiger partial charge < -0.3 is 4.42 Å². The standard InChI is InChI=1S/C26H16ClN5O3S3/c27-16-10-8-15(9-11-16)22-29-25(31-38-22)28-20(33)14-37-26-30-23-21(18(13-36-23)19-7-4-12-35-19)24(34)32(26)17-5-2-1-3-6-17/h1-13H,14H2,(H,28,31,33). The summed E-state index contributed by atoms with van der Waals surface area (Å²) < 4.78 is 11.3.